The zero-order valence-electron chi connectivity index (χ0n) is 13.1. The number of fused-ring (bicyclic) bond motifs is 3. The molecule has 4 rings (SSSR count). The maximum absolute atomic E-state index is 11.4. The molecule has 0 unspecified atom stereocenters. The van der Waals surface area contributed by atoms with E-state index in [-0.39, 0.29) is 0 Å². The summed E-state index contributed by atoms with van der Waals surface area (Å²) < 4.78 is 2.23. The highest BCUT2D eigenvalue weighted by molar-refractivity contribution is 6.31. The fraction of sp³-hybridized carbons (Fsp3) is 0.211. The molecule has 4 nitrogen and oxygen atoms in total. The van der Waals surface area contributed by atoms with E-state index in [1.807, 2.05) is 36.4 Å². The van der Waals surface area contributed by atoms with Crippen LogP contribution in [0.2, 0.25) is 5.02 Å². The highest BCUT2D eigenvalue weighted by Gasteiger charge is 2.26. The zero-order chi connectivity index (χ0) is 16.7. The smallest absolute Gasteiger partial charge is 0.407 e. The van der Waals surface area contributed by atoms with Crippen LogP contribution in [-0.2, 0) is 19.5 Å². The van der Waals surface area contributed by atoms with Crippen LogP contribution in [0.4, 0.5) is 4.79 Å². The number of carbonyl (C=O) groups is 1. The van der Waals surface area contributed by atoms with Gasteiger partial charge in [-0.2, -0.15) is 0 Å². The molecule has 3 aromatic rings. The molecular weight excluding hydrogens is 324 g/mol. The van der Waals surface area contributed by atoms with Crippen molar-refractivity contribution in [3.63, 3.8) is 0 Å². The van der Waals surface area contributed by atoms with E-state index in [0.29, 0.717) is 18.1 Å². The van der Waals surface area contributed by atoms with Crippen molar-refractivity contribution < 1.29 is 9.90 Å². The van der Waals surface area contributed by atoms with Gasteiger partial charge >= 0.3 is 6.09 Å². The molecule has 0 saturated heterocycles. The fourth-order valence-corrected chi connectivity index (χ4v) is 3.70. The molecule has 0 fully saturated rings. The number of amides is 1. The Kier molecular flexibility index (Phi) is 3.69. The van der Waals surface area contributed by atoms with Crippen molar-refractivity contribution in [1.82, 2.24) is 9.47 Å². The molecule has 122 valence electrons. The van der Waals surface area contributed by atoms with Gasteiger partial charge in [-0.15, -0.1) is 0 Å². The number of benzene rings is 2. The van der Waals surface area contributed by atoms with E-state index in [4.69, 9.17) is 11.6 Å². The van der Waals surface area contributed by atoms with Gasteiger partial charge in [-0.3, -0.25) is 0 Å². The third-order valence-corrected chi connectivity index (χ3v) is 4.91. The first-order valence-corrected chi connectivity index (χ1v) is 8.32. The Bertz CT molecular complexity index is 918. The number of hydrogen-bond donors (Lipinski definition) is 1. The molecule has 0 atom stereocenters. The molecule has 2 heterocycles. The average Bonchev–Trinajstić information content (AvgIpc) is 2.88. The van der Waals surface area contributed by atoms with Crippen LogP contribution in [0.5, 0.6) is 0 Å². The van der Waals surface area contributed by atoms with Crippen LogP contribution in [0, 0.1) is 0 Å². The van der Waals surface area contributed by atoms with Gasteiger partial charge in [0.25, 0.3) is 0 Å². The molecule has 0 spiro atoms. The number of rotatable bonds is 2. The lowest BCUT2D eigenvalue weighted by Gasteiger charge is -2.26. The molecule has 1 N–H and O–H groups in total. The molecule has 24 heavy (non-hydrogen) atoms. The summed E-state index contributed by atoms with van der Waals surface area (Å²) in [5, 5.41) is 11.2. The van der Waals surface area contributed by atoms with Crippen LogP contribution in [0.1, 0.15) is 16.8 Å². The molecule has 0 saturated carbocycles. The Balaban J connectivity index is 1.88. The van der Waals surface area contributed by atoms with E-state index >= 15 is 0 Å². The largest absolute Gasteiger partial charge is 0.465 e. The van der Waals surface area contributed by atoms with E-state index in [1.165, 1.54) is 16.0 Å². The SMILES string of the molecule is O=C(O)N1CCc2c(n(Cc3ccccc3)c3ccc(Cl)cc23)C1. The third kappa shape index (κ3) is 2.53. The number of aromatic nitrogens is 1. The molecule has 2 aromatic carbocycles. The standard InChI is InChI=1S/C19H17ClN2O2/c20-14-6-7-17-16(10-14)15-8-9-21(19(23)24)12-18(15)22(17)11-13-4-2-1-3-5-13/h1-7,10H,8-9,11-12H2,(H,23,24). The Hall–Kier alpha value is -2.46. The van der Waals surface area contributed by atoms with E-state index < -0.39 is 6.09 Å². The van der Waals surface area contributed by atoms with Crippen LogP contribution >= 0.6 is 11.6 Å². The summed E-state index contributed by atoms with van der Waals surface area (Å²) in [6.45, 7) is 1.67. The minimum Gasteiger partial charge on any atom is -0.465 e. The molecule has 1 aliphatic rings. The lowest BCUT2D eigenvalue weighted by atomic mass is 10.0. The first kappa shape index (κ1) is 15.1. The molecule has 0 bridgehead atoms. The Morgan fingerprint density at radius 3 is 2.71 bits per heavy atom. The molecule has 1 aromatic heterocycles. The van der Waals surface area contributed by atoms with Crippen molar-refractivity contribution in [3.8, 4) is 0 Å². The van der Waals surface area contributed by atoms with Gasteiger partial charge in [0.05, 0.1) is 6.54 Å². The number of carboxylic acid groups (broad SMARTS) is 1. The average molecular weight is 341 g/mol. The minimum absolute atomic E-state index is 0.420. The van der Waals surface area contributed by atoms with E-state index in [9.17, 15) is 9.90 Å². The summed E-state index contributed by atoms with van der Waals surface area (Å²) in [4.78, 5) is 12.9. The van der Waals surface area contributed by atoms with Crippen LogP contribution in [0.25, 0.3) is 10.9 Å². The van der Waals surface area contributed by atoms with Crippen LogP contribution in [-0.4, -0.2) is 27.2 Å². The fourth-order valence-electron chi connectivity index (χ4n) is 3.53. The first-order valence-electron chi connectivity index (χ1n) is 7.95. The lowest BCUT2D eigenvalue weighted by molar-refractivity contribution is 0.138. The minimum atomic E-state index is -0.866. The van der Waals surface area contributed by atoms with Crippen molar-refractivity contribution in [2.75, 3.05) is 6.54 Å². The van der Waals surface area contributed by atoms with Gasteiger partial charge in [-0.05, 0) is 35.7 Å². The van der Waals surface area contributed by atoms with Crippen molar-refractivity contribution in [2.45, 2.75) is 19.5 Å². The van der Waals surface area contributed by atoms with E-state index in [2.05, 4.69) is 16.7 Å². The Morgan fingerprint density at radius 1 is 1.17 bits per heavy atom. The second-order valence-electron chi connectivity index (χ2n) is 6.11. The van der Waals surface area contributed by atoms with Crippen LogP contribution in [0.15, 0.2) is 48.5 Å². The van der Waals surface area contributed by atoms with Gasteiger partial charge in [-0.1, -0.05) is 41.9 Å². The summed E-state index contributed by atoms with van der Waals surface area (Å²) >= 11 is 6.20. The van der Waals surface area contributed by atoms with Gasteiger partial charge < -0.3 is 14.6 Å². The number of nitrogens with zero attached hydrogens (tertiary/aromatic N) is 2. The Morgan fingerprint density at radius 2 is 1.96 bits per heavy atom. The van der Waals surface area contributed by atoms with Crippen LogP contribution < -0.4 is 0 Å². The number of halogens is 1. The number of hydrogen-bond acceptors (Lipinski definition) is 1. The summed E-state index contributed by atoms with van der Waals surface area (Å²) in [7, 11) is 0. The first-order chi connectivity index (χ1) is 11.6. The third-order valence-electron chi connectivity index (χ3n) is 4.68. The molecule has 0 aliphatic carbocycles. The zero-order valence-corrected chi connectivity index (χ0v) is 13.8. The van der Waals surface area contributed by atoms with Crippen molar-refractivity contribution in [1.29, 1.82) is 0 Å². The van der Waals surface area contributed by atoms with Crippen LogP contribution in [0.3, 0.4) is 0 Å². The van der Waals surface area contributed by atoms with E-state index in [0.717, 1.165) is 29.6 Å². The molecule has 1 aliphatic heterocycles. The lowest BCUT2D eigenvalue weighted by Crippen LogP contribution is -2.35. The van der Waals surface area contributed by atoms with Gasteiger partial charge in [0.2, 0.25) is 0 Å². The van der Waals surface area contributed by atoms with E-state index in [1.54, 1.807) is 0 Å². The predicted octanol–water partition coefficient (Wildman–Crippen LogP) is 4.38. The second-order valence-corrected chi connectivity index (χ2v) is 6.55. The molecule has 1 amide bonds. The van der Waals surface area contributed by atoms with Crippen molar-refractivity contribution in [2.24, 2.45) is 0 Å². The Labute approximate surface area is 144 Å². The molecule has 5 heteroatoms. The quantitative estimate of drug-likeness (QED) is 0.752. The monoisotopic (exact) mass is 340 g/mol. The maximum Gasteiger partial charge on any atom is 0.407 e. The molecule has 0 radical (unpaired) electrons. The summed E-state index contributed by atoms with van der Waals surface area (Å²) in [6, 6.07) is 16.1. The predicted molar refractivity (Wildman–Crippen MR) is 94.6 cm³/mol. The second kappa shape index (κ2) is 5.87. The van der Waals surface area contributed by atoms with Crippen molar-refractivity contribution in [3.05, 3.63) is 70.4 Å². The summed E-state index contributed by atoms with van der Waals surface area (Å²) in [5.41, 5.74) is 4.60. The summed E-state index contributed by atoms with van der Waals surface area (Å²) in [6.07, 6.45) is -0.143. The maximum atomic E-state index is 11.4. The highest BCUT2D eigenvalue weighted by atomic mass is 35.5. The van der Waals surface area contributed by atoms with Crippen molar-refractivity contribution >= 4 is 28.6 Å². The molecular formula is C19H17ClN2O2. The summed E-state index contributed by atoms with van der Waals surface area (Å²) in [5.74, 6) is 0. The highest BCUT2D eigenvalue weighted by Crippen LogP contribution is 2.33. The van der Waals surface area contributed by atoms with Gasteiger partial charge in [0, 0.05) is 34.7 Å². The van der Waals surface area contributed by atoms with Gasteiger partial charge in [0.1, 0.15) is 0 Å². The van der Waals surface area contributed by atoms with Gasteiger partial charge in [-0.25, -0.2) is 4.79 Å². The van der Waals surface area contributed by atoms with Gasteiger partial charge in [0.15, 0.2) is 0 Å². The normalized spacial score (nSPS) is 14.0. The topological polar surface area (TPSA) is 45.5 Å².